The number of benzene rings is 1. The Kier molecular flexibility index (Phi) is 8.01. The van der Waals surface area contributed by atoms with Gasteiger partial charge in [-0.05, 0) is 49.8 Å². The Balaban J connectivity index is 0.00000225. The van der Waals surface area contributed by atoms with Gasteiger partial charge in [-0.1, -0.05) is 25.0 Å². The lowest BCUT2D eigenvalue weighted by Gasteiger charge is -2.37. The molecule has 142 valence electrons. The van der Waals surface area contributed by atoms with Crippen molar-refractivity contribution in [2.75, 3.05) is 26.8 Å². The van der Waals surface area contributed by atoms with Gasteiger partial charge in [-0.25, -0.2) is 0 Å². The van der Waals surface area contributed by atoms with Gasteiger partial charge in [0, 0.05) is 19.1 Å². The van der Waals surface area contributed by atoms with Crippen molar-refractivity contribution in [1.29, 1.82) is 0 Å². The van der Waals surface area contributed by atoms with Crippen molar-refractivity contribution < 1.29 is 14.6 Å². The number of ether oxygens (including phenoxy) is 2. The molecule has 0 aromatic heterocycles. The first kappa shape index (κ1) is 20.5. The molecule has 2 fully saturated rings. The molecule has 1 aromatic rings. The Morgan fingerprint density at radius 1 is 1.20 bits per heavy atom. The van der Waals surface area contributed by atoms with Crippen LogP contribution in [0.5, 0.6) is 5.75 Å². The fourth-order valence-corrected chi connectivity index (χ4v) is 4.18. The van der Waals surface area contributed by atoms with Gasteiger partial charge in [0.25, 0.3) is 0 Å². The molecule has 1 heterocycles. The summed E-state index contributed by atoms with van der Waals surface area (Å²) in [7, 11) is 1.71. The molecule has 0 bridgehead atoms. The molecule has 2 aliphatic rings. The quantitative estimate of drug-likeness (QED) is 0.834. The molecular weight excluding hydrogens is 338 g/mol. The second-order valence-corrected chi connectivity index (χ2v) is 7.25. The maximum Gasteiger partial charge on any atom is 0.121 e. The van der Waals surface area contributed by atoms with Crippen LogP contribution in [0.4, 0.5) is 0 Å². The molecule has 1 N–H and O–H groups in total. The van der Waals surface area contributed by atoms with Gasteiger partial charge >= 0.3 is 0 Å². The Morgan fingerprint density at radius 2 is 2.00 bits per heavy atom. The van der Waals surface area contributed by atoms with E-state index >= 15 is 0 Å². The van der Waals surface area contributed by atoms with E-state index in [1.165, 1.54) is 30.4 Å². The van der Waals surface area contributed by atoms with Crippen LogP contribution in [0.3, 0.4) is 0 Å². The summed E-state index contributed by atoms with van der Waals surface area (Å²) in [6.07, 6.45) is 6.94. The van der Waals surface area contributed by atoms with E-state index in [0.717, 1.165) is 44.7 Å². The second kappa shape index (κ2) is 9.77. The van der Waals surface area contributed by atoms with E-state index in [0.29, 0.717) is 12.1 Å². The fraction of sp³-hybridized carbons (Fsp3) is 0.700. The zero-order valence-electron chi connectivity index (χ0n) is 15.4. The summed E-state index contributed by atoms with van der Waals surface area (Å²) in [6.45, 7) is 4.69. The fourth-order valence-electron chi connectivity index (χ4n) is 4.18. The Bertz CT molecular complexity index is 540. The maximum absolute atomic E-state index is 9.82. The first-order valence-corrected chi connectivity index (χ1v) is 9.34. The topological polar surface area (TPSA) is 41.9 Å². The van der Waals surface area contributed by atoms with E-state index in [-0.39, 0.29) is 18.5 Å². The number of β-amino-alcohol motifs (C(OH)–C–C–N with tert-alkyl or cyclic N) is 1. The van der Waals surface area contributed by atoms with Gasteiger partial charge in [-0.15, -0.1) is 12.4 Å². The molecule has 3 atom stereocenters. The summed E-state index contributed by atoms with van der Waals surface area (Å²) < 4.78 is 11.6. The van der Waals surface area contributed by atoms with Crippen LogP contribution in [0.1, 0.15) is 43.2 Å². The number of halogens is 1. The van der Waals surface area contributed by atoms with Crippen LogP contribution in [-0.4, -0.2) is 55.1 Å². The number of methoxy groups -OCH3 is 1. The maximum atomic E-state index is 9.82. The van der Waals surface area contributed by atoms with Gasteiger partial charge in [0.05, 0.1) is 25.9 Å². The molecule has 0 radical (unpaired) electrons. The predicted octanol–water partition coefficient (Wildman–Crippen LogP) is 3.36. The van der Waals surface area contributed by atoms with Crippen molar-refractivity contribution in [1.82, 2.24) is 4.90 Å². The second-order valence-electron chi connectivity index (χ2n) is 7.25. The van der Waals surface area contributed by atoms with Crippen LogP contribution >= 0.6 is 12.4 Å². The van der Waals surface area contributed by atoms with Crippen molar-refractivity contribution in [3.05, 3.63) is 29.3 Å². The highest BCUT2D eigenvalue weighted by Crippen LogP contribution is 2.28. The van der Waals surface area contributed by atoms with Crippen molar-refractivity contribution >= 4 is 12.4 Å². The Morgan fingerprint density at radius 3 is 2.68 bits per heavy atom. The lowest BCUT2D eigenvalue weighted by Crippen LogP contribution is -2.46. The molecule has 1 aliphatic carbocycles. The number of hydrogen-bond donors (Lipinski definition) is 1. The van der Waals surface area contributed by atoms with E-state index in [4.69, 9.17) is 9.47 Å². The van der Waals surface area contributed by atoms with Crippen molar-refractivity contribution in [2.45, 2.75) is 63.7 Å². The monoisotopic (exact) mass is 369 g/mol. The van der Waals surface area contributed by atoms with E-state index < -0.39 is 0 Å². The molecule has 0 spiro atoms. The number of aryl methyl sites for hydroxylation is 1. The summed E-state index contributed by atoms with van der Waals surface area (Å²) >= 11 is 0. The molecular formula is C20H32ClNO3. The zero-order valence-corrected chi connectivity index (χ0v) is 16.3. The lowest BCUT2D eigenvalue weighted by molar-refractivity contribution is -0.0316. The third-order valence-electron chi connectivity index (χ3n) is 5.51. The first-order chi connectivity index (χ1) is 11.7. The smallest absolute Gasteiger partial charge is 0.121 e. The van der Waals surface area contributed by atoms with Gasteiger partial charge in [0.15, 0.2) is 0 Å². The predicted molar refractivity (Wildman–Crippen MR) is 103 cm³/mol. The van der Waals surface area contributed by atoms with Crippen LogP contribution < -0.4 is 4.74 Å². The molecule has 4 nitrogen and oxygen atoms in total. The highest BCUT2D eigenvalue weighted by molar-refractivity contribution is 5.85. The third kappa shape index (κ3) is 5.33. The molecule has 3 rings (SSSR count). The molecule has 1 unspecified atom stereocenters. The van der Waals surface area contributed by atoms with Gasteiger partial charge in [0.1, 0.15) is 5.75 Å². The van der Waals surface area contributed by atoms with Gasteiger partial charge in [-0.2, -0.15) is 0 Å². The summed E-state index contributed by atoms with van der Waals surface area (Å²) in [5, 5.41) is 9.82. The van der Waals surface area contributed by atoms with Crippen LogP contribution in [0.15, 0.2) is 18.2 Å². The lowest BCUT2D eigenvalue weighted by atomic mass is 9.91. The zero-order chi connectivity index (χ0) is 16.9. The summed E-state index contributed by atoms with van der Waals surface area (Å²) in [6, 6.07) is 6.86. The normalized spacial score (nSPS) is 27.1. The first-order valence-electron chi connectivity index (χ1n) is 9.34. The van der Waals surface area contributed by atoms with Crippen LogP contribution in [0.2, 0.25) is 0 Å². The molecule has 0 amide bonds. The molecule has 5 heteroatoms. The molecule has 1 saturated carbocycles. The minimum atomic E-state index is -0.144. The number of nitrogens with zero attached hydrogens (tertiary/aromatic N) is 1. The number of likely N-dealkylation sites (tertiary alicyclic amines) is 1. The molecule has 1 aliphatic heterocycles. The molecule has 1 aromatic carbocycles. The highest BCUT2D eigenvalue weighted by atomic mass is 35.5. The molecule has 1 saturated heterocycles. The van der Waals surface area contributed by atoms with Crippen molar-refractivity contribution in [3.8, 4) is 5.75 Å². The Labute approximate surface area is 157 Å². The van der Waals surface area contributed by atoms with E-state index in [2.05, 4.69) is 24.0 Å². The number of rotatable bonds is 6. The van der Waals surface area contributed by atoms with Crippen molar-refractivity contribution in [3.63, 3.8) is 0 Å². The van der Waals surface area contributed by atoms with Gasteiger partial charge in [-0.3, -0.25) is 4.90 Å². The summed E-state index contributed by atoms with van der Waals surface area (Å²) in [4.78, 5) is 2.45. The minimum absolute atomic E-state index is 0. The highest BCUT2D eigenvalue weighted by Gasteiger charge is 2.34. The summed E-state index contributed by atoms with van der Waals surface area (Å²) in [5.41, 5.74) is 2.48. The summed E-state index contributed by atoms with van der Waals surface area (Å²) in [5.74, 6) is 0.944. The van der Waals surface area contributed by atoms with Gasteiger partial charge < -0.3 is 14.6 Å². The molecule has 25 heavy (non-hydrogen) atoms. The van der Waals surface area contributed by atoms with E-state index in [9.17, 15) is 5.11 Å². The number of hydrogen-bond acceptors (Lipinski definition) is 4. The third-order valence-corrected chi connectivity index (χ3v) is 5.51. The van der Waals surface area contributed by atoms with Gasteiger partial charge in [0.2, 0.25) is 0 Å². The minimum Gasteiger partial charge on any atom is -0.496 e. The number of aliphatic hydroxyl groups excluding tert-OH is 1. The van der Waals surface area contributed by atoms with Crippen LogP contribution in [0, 0.1) is 6.92 Å². The SMILES string of the molecule is COc1ccc(CCOC2CCCC[C@H]2N2CC[C@H](O)C2)cc1C.Cl. The average Bonchev–Trinajstić information content (AvgIpc) is 3.02. The van der Waals surface area contributed by atoms with Crippen LogP contribution in [0.25, 0.3) is 0 Å². The standard InChI is InChI=1S/C20H31NO3.ClH/c1-15-13-16(7-8-19(15)23-2)10-12-24-20-6-4-3-5-18(20)21-11-9-17(22)14-21;/h7-8,13,17-18,20,22H,3-6,9-12,14H2,1-2H3;1H/t17-,18+,20?;/m0./s1. The number of aliphatic hydroxyl groups is 1. The average molecular weight is 370 g/mol. The van der Waals surface area contributed by atoms with E-state index in [1.54, 1.807) is 7.11 Å². The van der Waals surface area contributed by atoms with Crippen molar-refractivity contribution in [2.24, 2.45) is 0 Å². The largest absolute Gasteiger partial charge is 0.496 e. The van der Waals surface area contributed by atoms with Crippen LogP contribution in [-0.2, 0) is 11.2 Å². The Hall–Kier alpha value is -0.810. The van der Waals surface area contributed by atoms with E-state index in [1.807, 2.05) is 6.07 Å².